The van der Waals surface area contributed by atoms with Crippen LogP contribution >= 0.6 is 0 Å². The Labute approximate surface area is 386 Å². The third-order valence-electron chi connectivity index (χ3n) is 11.9. The topological polar surface area (TPSA) is 240 Å². The number of carboxylic acid groups (broad SMARTS) is 1. The van der Waals surface area contributed by atoms with Gasteiger partial charge < -0.3 is 47.2 Å². The summed E-state index contributed by atoms with van der Waals surface area (Å²) in [6.45, 7) is 1.71. The molecule has 5 amide bonds. The number of fused-ring (bicyclic) bond motifs is 5. The van der Waals surface area contributed by atoms with Crippen LogP contribution in [0.1, 0.15) is 110 Å². The van der Waals surface area contributed by atoms with Crippen molar-refractivity contribution in [3.63, 3.8) is 0 Å². The number of phenols is 2. The first-order valence-electron chi connectivity index (χ1n) is 22.9. The number of hydrogen-bond acceptors (Lipinski definition) is 9. The van der Waals surface area contributed by atoms with Crippen molar-refractivity contribution in [2.24, 2.45) is 5.73 Å². The number of carboxylic acids is 1. The Balaban J connectivity index is 1.20. The first kappa shape index (κ1) is 50.3. The number of nitrogens with one attached hydrogen (secondary N) is 4. The second-order valence-electron chi connectivity index (χ2n) is 17.0. The zero-order chi connectivity index (χ0) is 47.6. The minimum Gasteiger partial charge on any atom is -0.507 e. The van der Waals surface area contributed by atoms with E-state index in [9.17, 15) is 44.1 Å². The number of phenolic OH excluding ortho intramolecular Hbond substituents is 2. The van der Waals surface area contributed by atoms with Gasteiger partial charge in [-0.15, -0.1) is 0 Å². The van der Waals surface area contributed by atoms with E-state index >= 15 is 0 Å². The quantitative estimate of drug-likeness (QED) is 0.0492. The Kier molecular flexibility index (Phi) is 19.1. The summed E-state index contributed by atoms with van der Waals surface area (Å²) in [7, 11) is 1.37. The van der Waals surface area contributed by atoms with Crippen LogP contribution in [0.3, 0.4) is 0 Å². The van der Waals surface area contributed by atoms with Gasteiger partial charge in [0, 0.05) is 43.1 Å². The van der Waals surface area contributed by atoms with Crippen LogP contribution in [0.15, 0.2) is 91.0 Å². The van der Waals surface area contributed by atoms with Crippen LogP contribution < -0.4 is 27.0 Å². The van der Waals surface area contributed by atoms with Gasteiger partial charge in [-0.25, -0.2) is 4.79 Å². The Morgan fingerprint density at radius 1 is 0.758 bits per heavy atom. The number of amides is 5. The number of benzene rings is 4. The number of unbranched alkanes of at least 4 members (excludes halogenated alkanes) is 6. The van der Waals surface area contributed by atoms with E-state index in [1.807, 2.05) is 18.2 Å². The number of nitrogens with two attached hydrogens (primary N) is 1. The summed E-state index contributed by atoms with van der Waals surface area (Å²) in [6.07, 6.45) is 9.99. The van der Waals surface area contributed by atoms with Crippen molar-refractivity contribution in [3.05, 3.63) is 119 Å². The molecule has 9 N–H and O–H groups in total. The highest BCUT2D eigenvalue weighted by Crippen LogP contribution is 2.39. The van der Waals surface area contributed by atoms with Crippen molar-refractivity contribution in [2.45, 2.75) is 115 Å². The minimum atomic E-state index is -1.43. The summed E-state index contributed by atoms with van der Waals surface area (Å²) < 4.78 is 0. The van der Waals surface area contributed by atoms with Crippen molar-refractivity contribution in [1.29, 1.82) is 0 Å². The molecule has 15 nitrogen and oxygen atoms in total. The Morgan fingerprint density at radius 3 is 2.03 bits per heavy atom. The lowest BCUT2D eigenvalue weighted by atomic mass is 9.93. The zero-order valence-corrected chi connectivity index (χ0v) is 37.9. The van der Waals surface area contributed by atoms with E-state index in [4.69, 9.17) is 5.73 Å². The van der Waals surface area contributed by atoms with Gasteiger partial charge in [0.15, 0.2) is 0 Å². The summed E-state index contributed by atoms with van der Waals surface area (Å²) >= 11 is 0. The average molecular weight is 905 g/mol. The molecular weight excluding hydrogens is 841 g/mol. The summed E-state index contributed by atoms with van der Waals surface area (Å²) in [5.74, 6) is -4.94. The van der Waals surface area contributed by atoms with Crippen molar-refractivity contribution in [3.8, 4) is 22.6 Å². The molecule has 0 saturated carbocycles. The highest BCUT2D eigenvalue weighted by atomic mass is 16.4. The number of carbonyl (C=O) groups is 6. The largest absolute Gasteiger partial charge is 0.507 e. The van der Waals surface area contributed by atoms with Crippen LogP contribution in [0.25, 0.3) is 11.1 Å². The molecule has 0 saturated heterocycles. The van der Waals surface area contributed by atoms with Crippen LogP contribution in [0.4, 0.5) is 0 Å². The van der Waals surface area contributed by atoms with Crippen LogP contribution in [-0.2, 0) is 43.2 Å². The molecule has 0 spiro atoms. The predicted octanol–water partition coefficient (Wildman–Crippen LogP) is 5.45. The molecule has 0 radical (unpaired) electrons. The van der Waals surface area contributed by atoms with Crippen molar-refractivity contribution in [2.75, 3.05) is 20.1 Å². The molecular formula is C51H64N6O9. The van der Waals surface area contributed by atoms with Crippen molar-refractivity contribution in [1.82, 2.24) is 26.2 Å². The monoisotopic (exact) mass is 904 g/mol. The first-order valence-corrected chi connectivity index (χ1v) is 22.9. The Morgan fingerprint density at radius 2 is 1.38 bits per heavy atom. The first-order chi connectivity index (χ1) is 31.7. The number of aryl methyl sites for hydroxylation is 2. The van der Waals surface area contributed by atoms with Gasteiger partial charge in [0.25, 0.3) is 5.91 Å². The molecule has 1 aliphatic heterocycles. The van der Waals surface area contributed by atoms with Gasteiger partial charge >= 0.3 is 5.97 Å². The lowest BCUT2D eigenvalue weighted by Crippen LogP contribution is -2.54. The molecule has 15 heteroatoms. The normalized spacial score (nSPS) is 16.5. The molecule has 0 aromatic heterocycles. The maximum absolute atomic E-state index is 14.4. The minimum absolute atomic E-state index is 0.00460. The number of carbonyl (C=O) groups excluding carboxylic acids is 5. The van der Waals surface area contributed by atoms with E-state index in [1.54, 1.807) is 12.1 Å². The van der Waals surface area contributed by atoms with Gasteiger partial charge in [0.05, 0.1) is 0 Å². The maximum Gasteiger partial charge on any atom is 0.326 e. The highest BCUT2D eigenvalue weighted by molar-refractivity contribution is 5.96. The van der Waals surface area contributed by atoms with E-state index in [0.717, 1.165) is 36.1 Å². The Bertz CT molecular complexity index is 2290. The maximum atomic E-state index is 14.4. The SMILES string of the molecule is C[C@@H]1NC(=O)[C@@H](N(C)C(=O)[C@H](CCCCN)NC(=O)CCNC(=O)c2ccc(CCCCCCCCc3ccccc3)cc2)c2ccc(O)c(c2)-c2cc(ccc2O)C[C@@H](C(=O)O)NC1=O. The third kappa shape index (κ3) is 14.6. The van der Waals surface area contributed by atoms with E-state index in [-0.39, 0.29) is 59.9 Å². The number of nitrogens with zero attached hydrogens (tertiary/aromatic N) is 1. The molecule has 1 heterocycles. The van der Waals surface area contributed by atoms with E-state index in [2.05, 4.69) is 45.5 Å². The molecule has 66 heavy (non-hydrogen) atoms. The van der Waals surface area contributed by atoms with Crippen LogP contribution in [0.2, 0.25) is 0 Å². The van der Waals surface area contributed by atoms with E-state index in [1.165, 1.54) is 81.6 Å². The summed E-state index contributed by atoms with van der Waals surface area (Å²) in [4.78, 5) is 81.4. The second-order valence-corrected chi connectivity index (χ2v) is 17.0. The summed E-state index contributed by atoms with van der Waals surface area (Å²) in [6, 6.07) is 21.3. The molecule has 4 aromatic carbocycles. The number of aromatic hydroxyl groups is 2. The lowest BCUT2D eigenvalue weighted by Gasteiger charge is -2.32. The van der Waals surface area contributed by atoms with Crippen molar-refractivity contribution >= 4 is 35.5 Å². The summed E-state index contributed by atoms with van der Waals surface area (Å²) in [5.41, 5.74) is 9.62. The van der Waals surface area contributed by atoms with Crippen LogP contribution in [0.5, 0.6) is 11.5 Å². The van der Waals surface area contributed by atoms with Gasteiger partial charge in [-0.2, -0.15) is 0 Å². The molecule has 1 aliphatic rings. The highest BCUT2D eigenvalue weighted by Gasteiger charge is 2.36. The predicted molar refractivity (Wildman–Crippen MR) is 251 cm³/mol. The smallest absolute Gasteiger partial charge is 0.326 e. The standard InChI is InChI=1S/C51H64N6O9/c1-33-47(61)56-42(51(65)66)31-36-21-25-43(58)39(30-36)40-32-38(24-26-44(40)59)46(49(63)54-33)57(2)50(64)41(18-12-13-28-52)55-45(60)27-29-53-48(62)37-22-19-35(20-23-37)17-9-6-4-3-5-8-14-34-15-10-7-11-16-34/h7,10-11,15-16,19-26,30,32-33,41-42,46,58-59H,3-6,8-9,12-14,17-18,27-29,31,52H2,1-2H3,(H,53,62)(H,54,63)(H,55,60)(H,56,61)(H,65,66)/t33-,41-,42-,46-/m0/s1. The van der Waals surface area contributed by atoms with E-state index in [0.29, 0.717) is 30.5 Å². The lowest BCUT2D eigenvalue weighted by molar-refractivity contribution is -0.144. The van der Waals surface area contributed by atoms with Gasteiger partial charge in [0.1, 0.15) is 35.7 Å². The van der Waals surface area contributed by atoms with Crippen LogP contribution in [0, 0.1) is 0 Å². The zero-order valence-electron chi connectivity index (χ0n) is 37.9. The van der Waals surface area contributed by atoms with Gasteiger partial charge in [-0.1, -0.05) is 80.3 Å². The summed E-state index contributed by atoms with van der Waals surface area (Å²) in [5, 5.41) is 42.3. The van der Waals surface area contributed by atoms with E-state index < -0.39 is 53.8 Å². The number of likely N-dealkylation sites (N-methyl/N-ethyl adjacent to an activating group) is 1. The third-order valence-corrected chi connectivity index (χ3v) is 11.9. The Hall–Kier alpha value is -6.74. The fourth-order valence-electron chi connectivity index (χ4n) is 8.12. The fourth-order valence-corrected chi connectivity index (χ4v) is 8.12. The molecule has 0 aliphatic carbocycles. The van der Waals surface area contributed by atoms with Gasteiger partial charge in [-0.3, -0.25) is 24.0 Å². The number of hydrogen-bond donors (Lipinski definition) is 8. The molecule has 4 atom stereocenters. The molecule has 4 bridgehead atoms. The molecule has 4 aromatic rings. The number of rotatable bonds is 21. The molecule has 5 rings (SSSR count). The molecule has 0 fully saturated rings. The van der Waals surface area contributed by atoms with Gasteiger partial charge in [0.2, 0.25) is 23.6 Å². The van der Waals surface area contributed by atoms with Crippen LogP contribution in [-0.4, -0.2) is 94.0 Å². The van der Waals surface area contributed by atoms with Gasteiger partial charge in [-0.05, 0) is 117 Å². The van der Waals surface area contributed by atoms with Crippen molar-refractivity contribution < 1.29 is 44.1 Å². The number of aliphatic carboxylic acids is 1. The second kappa shape index (κ2) is 25.1. The average Bonchev–Trinajstić information content (AvgIpc) is 3.30. The molecule has 352 valence electrons. The fraction of sp³-hybridized carbons (Fsp3) is 0.412. The molecule has 0 unspecified atom stereocenters.